The van der Waals surface area contributed by atoms with Crippen LogP contribution in [0.5, 0.6) is 0 Å². The Hall–Kier alpha value is -1.31. The molecule has 166 valence electrons. The van der Waals surface area contributed by atoms with E-state index >= 15 is 0 Å². The van der Waals surface area contributed by atoms with Gasteiger partial charge in [0.05, 0.1) is 5.92 Å². The molecule has 5 unspecified atom stereocenters. The van der Waals surface area contributed by atoms with E-state index in [0.29, 0.717) is 6.42 Å². The van der Waals surface area contributed by atoms with Gasteiger partial charge < -0.3 is 19.5 Å². The number of alkyl carbamates (subject to hydrolysis) is 1. The summed E-state index contributed by atoms with van der Waals surface area (Å²) in [4.78, 5) is 38.5. The van der Waals surface area contributed by atoms with Crippen LogP contribution < -0.4 is 5.32 Å². The minimum absolute atomic E-state index is 0.118. The van der Waals surface area contributed by atoms with Gasteiger partial charge in [0.15, 0.2) is 0 Å². The molecule has 29 heavy (non-hydrogen) atoms. The van der Waals surface area contributed by atoms with Crippen molar-refractivity contribution in [2.45, 2.75) is 95.9 Å². The van der Waals surface area contributed by atoms with Crippen molar-refractivity contribution >= 4 is 34.0 Å². The zero-order valence-electron chi connectivity index (χ0n) is 18.8. The number of ether oxygens (including phenoxy) is 3. The number of hydrogen-bond donors (Lipinski definition) is 1. The predicted octanol–water partition coefficient (Wildman–Crippen LogP) is 3.96. The Morgan fingerprint density at radius 2 is 1.34 bits per heavy atom. The van der Waals surface area contributed by atoms with Crippen molar-refractivity contribution < 1.29 is 28.6 Å². The van der Waals surface area contributed by atoms with Crippen molar-refractivity contribution in [1.29, 1.82) is 0 Å². The Bertz CT molecular complexity index is 687. The SMILES string of the molecule is CC(C)(C)OC(=O)NC1(C(=O)OC(C)(C)C)CC(Br)C2C(C(=O)OC(C)(C)C)C21. The maximum atomic E-state index is 13.3. The van der Waals surface area contributed by atoms with Crippen molar-refractivity contribution in [3.8, 4) is 0 Å². The second-order valence-corrected chi connectivity index (χ2v) is 12.2. The normalized spacial score (nSPS) is 31.5. The summed E-state index contributed by atoms with van der Waals surface area (Å²) in [5, 5.41) is 2.77. The molecule has 0 aliphatic heterocycles. The van der Waals surface area contributed by atoms with E-state index in [9.17, 15) is 14.4 Å². The molecule has 7 nitrogen and oxygen atoms in total. The van der Waals surface area contributed by atoms with E-state index in [0.717, 1.165) is 0 Å². The molecule has 2 aliphatic rings. The summed E-state index contributed by atoms with van der Waals surface area (Å²) >= 11 is 3.60. The highest BCUT2D eigenvalue weighted by atomic mass is 79.9. The van der Waals surface area contributed by atoms with Gasteiger partial charge in [-0.1, -0.05) is 15.9 Å². The molecule has 1 amide bonds. The Kier molecular flexibility index (Phi) is 6.14. The standard InChI is InChI=1S/C21H34BrNO6/c1-18(2,3)27-15(24)13-12-11(22)10-21(14(12)13,16(25)28-19(4,5)6)23-17(26)29-20(7,8)9/h11-14H,10H2,1-9H3,(H,23,26). The lowest BCUT2D eigenvalue weighted by Crippen LogP contribution is -2.59. The molecule has 0 aromatic heterocycles. The molecule has 0 heterocycles. The van der Waals surface area contributed by atoms with Crippen molar-refractivity contribution in [2.24, 2.45) is 17.8 Å². The van der Waals surface area contributed by atoms with Gasteiger partial charge in [-0.2, -0.15) is 0 Å². The third-order valence-electron chi connectivity index (χ3n) is 4.75. The highest BCUT2D eigenvalue weighted by molar-refractivity contribution is 9.09. The van der Waals surface area contributed by atoms with E-state index in [1.54, 1.807) is 62.3 Å². The largest absolute Gasteiger partial charge is 0.460 e. The zero-order chi connectivity index (χ0) is 22.6. The number of halogens is 1. The van der Waals surface area contributed by atoms with Crippen LogP contribution in [0.4, 0.5) is 4.79 Å². The Morgan fingerprint density at radius 1 is 0.862 bits per heavy atom. The number of rotatable bonds is 3. The quantitative estimate of drug-likeness (QED) is 0.377. The van der Waals surface area contributed by atoms with Gasteiger partial charge in [0, 0.05) is 10.7 Å². The van der Waals surface area contributed by atoms with Crippen LogP contribution in [0.3, 0.4) is 0 Å². The Balaban J connectivity index is 2.34. The van der Waals surface area contributed by atoms with Crippen LogP contribution >= 0.6 is 15.9 Å². The minimum Gasteiger partial charge on any atom is -0.460 e. The van der Waals surface area contributed by atoms with Gasteiger partial charge in [0.25, 0.3) is 0 Å². The lowest BCUT2D eigenvalue weighted by molar-refractivity contribution is -0.165. The summed E-state index contributed by atoms with van der Waals surface area (Å²) in [6.07, 6.45) is -0.394. The first-order valence-corrected chi connectivity index (χ1v) is 10.9. The van der Waals surface area contributed by atoms with Crippen LogP contribution in [0.25, 0.3) is 0 Å². The molecule has 0 bridgehead atoms. The van der Waals surface area contributed by atoms with Crippen molar-refractivity contribution in [1.82, 2.24) is 5.32 Å². The topological polar surface area (TPSA) is 90.9 Å². The lowest BCUT2D eigenvalue weighted by atomic mass is 9.90. The van der Waals surface area contributed by atoms with Crippen LogP contribution in [0, 0.1) is 17.8 Å². The van der Waals surface area contributed by atoms with Gasteiger partial charge in [-0.25, -0.2) is 9.59 Å². The maximum absolute atomic E-state index is 13.3. The number of carbonyl (C=O) groups is 3. The number of nitrogens with one attached hydrogen (secondary N) is 1. The first-order chi connectivity index (χ1) is 12.9. The number of carbonyl (C=O) groups excluding carboxylic acids is 3. The van der Waals surface area contributed by atoms with E-state index < -0.39 is 46.2 Å². The Morgan fingerprint density at radius 3 is 1.79 bits per heavy atom. The number of esters is 2. The summed E-state index contributed by atoms with van der Waals surface area (Å²) < 4.78 is 16.6. The molecule has 0 aromatic carbocycles. The van der Waals surface area contributed by atoms with Crippen LogP contribution in [0.15, 0.2) is 0 Å². The third-order valence-corrected chi connectivity index (χ3v) is 5.68. The fourth-order valence-electron chi connectivity index (χ4n) is 3.93. The average molecular weight is 476 g/mol. The molecule has 2 fully saturated rings. The highest BCUT2D eigenvalue weighted by Gasteiger charge is 2.76. The summed E-state index contributed by atoms with van der Waals surface area (Å²) in [7, 11) is 0. The molecule has 0 spiro atoms. The second kappa shape index (κ2) is 7.43. The average Bonchev–Trinajstić information content (AvgIpc) is 3.10. The molecule has 0 saturated heterocycles. The predicted molar refractivity (Wildman–Crippen MR) is 112 cm³/mol. The van der Waals surface area contributed by atoms with Gasteiger partial charge in [-0.15, -0.1) is 0 Å². The molecule has 2 rings (SSSR count). The second-order valence-electron chi connectivity index (χ2n) is 11.0. The summed E-state index contributed by atoms with van der Waals surface area (Å²) in [6.45, 7) is 15.9. The van der Waals surface area contributed by atoms with Crippen LogP contribution in [0.2, 0.25) is 0 Å². The highest BCUT2D eigenvalue weighted by Crippen LogP contribution is 2.65. The van der Waals surface area contributed by atoms with Gasteiger partial charge in [0.1, 0.15) is 22.3 Å². The summed E-state index contributed by atoms with van der Waals surface area (Å²) in [5.41, 5.74) is -3.45. The minimum atomic E-state index is -1.35. The molecule has 0 aromatic rings. The van der Waals surface area contributed by atoms with Gasteiger partial charge >= 0.3 is 18.0 Å². The van der Waals surface area contributed by atoms with E-state index in [4.69, 9.17) is 14.2 Å². The van der Waals surface area contributed by atoms with Crippen LogP contribution in [0.1, 0.15) is 68.7 Å². The van der Waals surface area contributed by atoms with Crippen LogP contribution in [-0.4, -0.2) is 45.2 Å². The van der Waals surface area contributed by atoms with Gasteiger partial charge in [-0.3, -0.25) is 4.79 Å². The first kappa shape index (κ1) is 24.0. The number of amides is 1. The Labute approximate surface area is 181 Å². The smallest absolute Gasteiger partial charge is 0.408 e. The van der Waals surface area contributed by atoms with E-state index in [1.807, 2.05) is 0 Å². The molecular formula is C21H34BrNO6. The zero-order valence-corrected chi connectivity index (χ0v) is 20.4. The molecule has 1 N–H and O–H groups in total. The first-order valence-electron chi connectivity index (χ1n) is 9.98. The van der Waals surface area contributed by atoms with E-state index in [1.165, 1.54) is 0 Å². The molecule has 5 atom stereocenters. The van der Waals surface area contributed by atoms with Crippen molar-refractivity contribution in [3.05, 3.63) is 0 Å². The fraction of sp³-hybridized carbons (Fsp3) is 0.857. The van der Waals surface area contributed by atoms with Gasteiger partial charge in [-0.05, 0) is 74.7 Å². The number of alkyl halides is 1. The van der Waals surface area contributed by atoms with Crippen molar-refractivity contribution in [2.75, 3.05) is 0 Å². The number of hydrogen-bond acceptors (Lipinski definition) is 6. The van der Waals surface area contributed by atoms with Gasteiger partial charge in [0.2, 0.25) is 0 Å². The third kappa shape index (κ3) is 5.64. The van der Waals surface area contributed by atoms with E-state index in [2.05, 4.69) is 21.2 Å². The molecular weight excluding hydrogens is 442 g/mol. The van der Waals surface area contributed by atoms with Crippen LogP contribution in [-0.2, 0) is 23.8 Å². The molecule has 8 heteroatoms. The lowest BCUT2D eigenvalue weighted by Gasteiger charge is -2.35. The van der Waals surface area contributed by atoms with Crippen molar-refractivity contribution in [3.63, 3.8) is 0 Å². The maximum Gasteiger partial charge on any atom is 0.408 e. The van der Waals surface area contributed by atoms with E-state index in [-0.39, 0.29) is 16.7 Å². The molecule has 0 radical (unpaired) electrons. The fourth-order valence-corrected chi connectivity index (χ4v) is 5.10. The summed E-state index contributed by atoms with van der Waals surface area (Å²) in [6, 6.07) is 0. The number of fused-ring (bicyclic) bond motifs is 1. The molecule has 2 aliphatic carbocycles. The monoisotopic (exact) mass is 475 g/mol. The molecule has 2 saturated carbocycles. The summed E-state index contributed by atoms with van der Waals surface area (Å²) in [5.74, 6) is -1.94.